The maximum atomic E-state index is 11.9. The van der Waals surface area contributed by atoms with Gasteiger partial charge in [-0.3, -0.25) is 9.59 Å². The van der Waals surface area contributed by atoms with Gasteiger partial charge >= 0.3 is 17.1 Å². The molecule has 2 fully saturated rings. The monoisotopic (exact) mass is 529 g/mol. The predicted molar refractivity (Wildman–Crippen MR) is 125 cm³/mol. The van der Waals surface area contributed by atoms with Crippen LogP contribution in [0.2, 0.25) is 0 Å². The Balaban J connectivity index is 0.000000240. The average molecular weight is 530 g/mol. The summed E-state index contributed by atoms with van der Waals surface area (Å²) in [4.78, 5) is 23.6. The SMILES string of the molecule is COC1CCC2[N-]CCC(C(=O)C=C[O-])C2C1.COc1ccc2c(c1)C(C(=O)C=C[O-])=CC[N-]2.[Cu+2]. The number of ether oxygens (including phenoxy) is 2. The van der Waals surface area contributed by atoms with Gasteiger partial charge in [0.05, 0.1) is 13.2 Å². The molecule has 35 heavy (non-hydrogen) atoms. The molecule has 2 aliphatic heterocycles. The number of benzene rings is 1. The van der Waals surface area contributed by atoms with Crippen LogP contribution in [0, 0.1) is 11.8 Å². The molecule has 2 heterocycles. The van der Waals surface area contributed by atoms with Crippen LogP contribution in [-0.2, 0) is 31.4 Å². The summed E-state index contributed by atoms with van der Waals surface area (Å²) in [7, 11) is 3.28. The molecule has 1 aromatic rings. The predicted octanol–water partition coefficient (Wildman–Crippen LogP) is 2.54. The maximum Gasteiger partial charge on any atom is 2.00 e. The number of fused-ring (bicyclic) bond motifs is 2. The third-order valence-electron chi connectivity index (χ3n) is 6.60. The fourth-order valence-corrected chi connectivity index (χ4v) is 4.89. The number of hydrogen-bond acceptors (Lipinski definition) is 6. The van der Waals surface area contributed by atoms with Gasteiger partial charge in [-0.1, -0.05) is 25.0 Å². The summed E-state index contributed by atoms with van der Waals surface area (Å²) >= 11 is 0. The molecule has 1 aliphatic carbocycles. The van der Waals surface area contributed by atoms with Crippen molar-refractivity contribution in [2.75, 3.05) is 27.3 Å². The van der Waals surface area contributed by atoms with E-state index < -0.39 is 0 Å². The molecule has 3 aliphatic rings. The van der Waals surface area contributed by atoms with E-state index in [1.54, 1.807) is 38.5 Å². The van der Waals surface area contributed by atoms with Crippen LogP contribution in [0.25, 0.3) is 16.2 Å². The molecule has 0 aromatic heterocycles. The number of hydrogen-bond donors (Lipinski definition) is 0. The summed E-state index contributed by atoms with van der Waals surface area (Å²) in [5, 5.41) is 29.6. The van der Waals surface area contributed by atoms with Crippen LogP contribution in [0.5, 0.6) is 5.75 Å². The van der Waals surface area contributed by atoms with Crippen LogP contribution in [0.1, 0.15) is 31.2 Å². The first kappa shape index (κ1) is 28.7. The molecule has 1 saturated heterocycles. The van der Waals surface area contributed by atoms with Crippen LogP contribution in [0.3, 0.4) is 0 Å². The molecular formula is C26H30CuN2O6-2. The Morgan fingerprint density at radius 1 is 1.09 bits per heavy atom. The Kier molecular flexibility index (Phi) is 11.5. The Labute approximate surface area is 216 Å². The third-order valence-corrected chi connectivity index (χ3v) is 6.60. The summed E-state index contributed by atoms with van der Waals surface area (Å²) in [6.45, 7) is 1.20. The topological polar surface area (TPSA) is 127 Å². The van der Waals surface area contributed by atoms with E-state index in [2.05, 4.69) is 10.6 Å². The first-order valence-corrected chi connectivity index (χ1v) is 11.4. The Bertz CT molecular complexity index is 961. The van der Waals surface area contributed by atoms with E-state index >= 15 is 0 Å². The summed E-state index contributed by atoms with van der Waals surface area (Å²) < 4.78 is 10.5. The third kappa shape index (κ3) is 7.21. The van der Waals surface area contributed by atoms with Crippen molar-refractivity contribution in [3.8, 4) is 5.75 Å². The molecule has 9 heteroatoms. The van der Waals surface area contributed by atoms with Crippen molar-refractivity contribution in [2.24, 2.45) is 11.8 Å². The van der Waals surface area contributed by atoms with Gasteiger partial charge in [0.15, 0.2) is 11.6 Å². The molecule has 0 N–H and O–H groups in total. The van der Waals surface area contributed by atoms with Gasteiger partial charge in [-0.05, 0) is 48.6 Å². The number of carbonyl (C=O) groups excluding carboxylic acids is 2. The second-order valence-electron chi connectivity index (χ2n) is 8.42. The molecule has 193 valence electrons. The van der Waals surface area contributed by atoms with Crippen molar-refractivity contribution in [3.05, 3.63) is 65.1 Å². The molecule has 1 aromatic carbocycles. The summed E-state index contributed by atoms with van der Waals surface area (Å²) in [6, 6.07) is 5.64. The number of nitrogens with zero attached hydrogens (tertiary/aromatic N) is 2. The molecule has 1 radical (unpaired) electrons. The molecule has 4 atom stereocenters. The van der Waals surface area contributed by atoms with E-state index in [1.165, 1.54) is 6.08 Å². The number of methoxy groups -OCH3 is 2. The minimum Gasteiger partial charge on any atom is -0.878 e. The summed E-state index contributed by atoms with van der Waals surface area (Å²) in [6.07, 6.45) is 8.95. The summed E-state index contributed by atoms with van der Waals surface area (Å²) in [5.74, 6) is 0.573. The van der Waals surface area contributed by atoms with Gasteiger partial charge in [-0.15, -0.1) is 37.3 Å². The second kappa shape index (κ2) is 14.1. The van der Waals surface area contributed by atoms with Crippen molar-refractivity contribution >= 4 is 22.8 Å². The van der Waals surface area contributed by atoms with Crippen LogP contribution < -0.4 is 14.9 Å². The molecule has 1 saturated carbocycles. The number of carbonyl (C=O) groups is 2. The Hall–Kier alpha value is -2.58. The number of rotatable bonds is 6. The van der Waals surface area contributed by atoms with Gasteiger partial charge < -0.3 is 30.3 Å². The molecule has 4 rings (SSSR count). The zero-order chi connectivity index (χ0) is 24.5. The van der Waals surface area contributed by atoms with E-state index in [1.807, 2.05) is 0 Å². The summed E-state index contributed by atoms with van der Waals surface area (Å²) in [5.41, 5.74) is 1.95. The van der Waals surface area contributed by atoms with Crippen molar-refractivity contribution < 1.29 is 46.3 Å². The van der Waals surface area contributed by atoms with Gasteiger partial charge in [-0.25, -0.2) is 0 Å². The first-order valence-electron chi connectivity index (χ1n) is 11.4. The van der Waals surface area contributed by atoms with Gasteiger partial charge in [0.1, 0.15) is 5.75 Å². The van der Waals surface area contributed by atoms with Gasteiger partial charge in [0.2, 0.25) is 0 Å². The van der Waals surface area contributed by atoms with E-state index in [4.69, 9.17) is 9.47 Å². The van der Waals surface area contributed by atoms with Gasteiger partial charge in [0, 0.05) is 18.6 Å². The van der Waals surface area contributed by atoms with Crippen LogP contribution >= 0.6 is 0 Å². The standard InChI is InChI=1S/C13H20NO3.C13H12NO3.Cu/c2*1-17-9-2-3-12-11(8-9)10(4-6-14-12)13(16)5-7-15;/h5,7,9-12,15H,2-4,6,8H2,1H3;2-5,7-8H,6H2,1H3,(H,15,16);/q2*-1;+2/p-2. The normalized spacial score (nSPS) is 25.1. The van der Waals surface area contributed by atoms with Gasteiger partial charge in [0.25, 0.3) is 0 Å². The maximum absolute atomic E-state index is 11.9. The van der Waals surface area contributed by atoms with Crippen molar-refractivity contribution in [1.29, 1.82) is 0 Å². The average Bonchev–Trinajstić information content (AvgIpc) is 2.87. The van der Waals surface area contributed by atoms with E-state index in [0.717, 1.165) is 44.0 Å². The van der Waals surface area contributed by atoms with E-state index in [0.29, 0.717) is 42.0 Å². The quantitative estimate of drug-likeness (QED) is 0.316. The fourth-order valence-electron chi connectivity index (χ4n) is 4.89. The number of allylic oxidation sites excluding steroid dienone is 3. The molecule has 4 unspecified atom stereocenters. The number of piperidine rings is 1. The number of ketones is 2. The van der Waals surface area contributed by atoms with Crippen LogP contribution in [0.15, 0.2) is 49.0 Å². The smallest absolute Gasteiger partial charge is 0.878 e. The molecule has 0 spiro atoms. The fraction of sp³-hybridized carbons (Fsp3) is 0.462. The van der Waals surface area contributed by atoms with Gasteiger partial charge in [-0.2, -0.15) is 0 Å². The zero-order valence-electron chi connectivity index (χ0n) is 19.8. The Morgan fingerprint density at radius 3 is 2.54 bits per heavy atom. The van der Waals surface area contributed by atoms with Crippen molar-refractivity contribution in [2.45, 2.75) is 37.8 Å². The van der Waals surface area contributed by atoms with Crippen molar-refractivity contribution in [3.63, 3.8) is 0 Å². The molecular weight excluding hydrogens is 500 g/mol. The van der Waals surface area contributed by atoms with Crippen LogP contribution in [-0.4, -0.2) is 51.0 Å². The molecule has 8 nitrogen and oxygen atoms in total. The largest absolute Gasteiger partial charge is 2.00 e. The Morgan fingerprint density at radius 2 is 1.86 bits per heavy atom. The van der Waals surface area contributed by atoms with E-state index in [9.17, 15) is 19.8 Å². The minimum atomic E-state index is -0.301. The van der Waals surface area contributed by atoms with Crippen LogP contribution in [0.4, 0.5) is 5.69 Å². The second-order valence-corrected chi connectivity index (χ2v) is 8.42. The van der Waals surface area contributed by atoms with E-state index in [-0.39, 0.29) is 46.6 Å². The zero-order valence-corrected chi connectivity index (χ0v) is 20.8. The first-order chi connectivity index (χ1) is 16.5. The van der Waals surface area contributed by atoms with Crippen molar-refractivity contribution in [1.82, 2.24) is 0 Å². The molecule has 0 amide bonds. The minimum absolute atomic E-state index is 0. The molecule has 0 bridgehead atoms.